The molecule has 0 amide bonds. The highest BCUT2D eigenvalue weighted by Gasteiger charge is 2.22. The number of nitrogens with one attached hydrogen (secondary N) is 1. The highest BCUT2D eigenvalue weighted by atomic mass is 79.9. The summed E-state index contributed by atoms with van der Waals surface area (Å²) in [5.41, 5.74) is 1.32. The summed E-state index contributed by atoms with van der Waals surface area (Å²) in [6, 6.07) is 9.56. The molecule has 1 atom stereocenters. The summed E-state index contributed by atoms with van der Waals surface area (Å²) >= 11 is 3.55. The maximum absolute atomic E-state index is 9.31. The maximum atomic E-state index is 9.31. The molecular weight excluding hydrogens is 328 g/mol. The van der Waals surface area contributed by atoms with Gasteiger partial charge in [0.1, 0.15) is 0 Å². The number of hydrogen-bond acceptors (Lipinski definition) is 3. The average Bonchev–Trinajstić information content (AvgIpc) is 3.01. The van der Waals surface area contributed by atoms with Crippen molar-refractivity contribution in [1.29, 1.82) is 0 Å². The Morgan fingerprint density at radius 1 is 1.33 bits per heavy atom. The van der Waals surface area contributed by atoms with Gasteiger partial charge in [0.2, 0.25) is 0 Å². The zero-order valence-corrected chi connectivity index (χ0v) is 14.5. The van der Waals surface area contributed by atoms with Crippen molar-refractivity contribution < 1.29 is 5.11 Å². The predicted octanol–water partition coefficient (Wildman–Crippen LogP) is 3.34. The van der Waals surface area contributed by atoms with Gasteiger partial charge >= 0.3 is 0 Å². The van der Waals surface area contributed by atoms with Gasteiger partial charge in [0.05, 0.1) is 6.61 Å². The van der Waals surface area contributed by atoms with Gasteiger partial charge in [0, 0.05) is 29.6 Å². The number of aliphatic hydroxyl groups is 1. The van der Waals surface area contributed by atoms with Crippen molar-refractivity contribution in [2.75, 3.05) is 26.7 Å². The number of rotatable bonds is 8. The van der Waals surface area contributed by atoms with Crippen molar-refractivity contribution >= 4 is 15.9 Å². The first-order chi connectivity index (χ1) is 10.2. The van der Waals surface area contributed by atoms with Crippen molar-refractivity contribution in [1.82, 2.24) is 10.2 Å². The summed E-state index contributed by atoms with van der Waals surface area (Å²) in [6.07, 6.45) is 6.34. The van der Waals surface area contributed by atoms with Crippen LogP contribution in [0.1, 0.15) is 43.7 Å². The van der Waals surface area contributed by atoms with Crippen LogP contribution in [0.25, 0.3) is 0 Å². The van der Waals surface area contributed by atoms with Crippen LogP contribution in [0.4, 0.5) is 0 Å². The molecule has 0 bridgehead atoms. The normalized spacial score (nSPS) is 17.5. The van der Waals surface area contributed by atoms with E-state index in [0.29, 0.717) is 12.1 Å². The summed E-state index contributed by atoms with van der Waals surface area (Å²) in [4.78, 5) is 2.48. The van der Waals surface area contributed by atoms with Gasteiger partial charge in [0.25, 0.3) is 0 Å². The van der Waals surface area contributed by atoms with Crippen LogP contribution in [0.5, 0.6) is 0 Å². The fourth-order valence-corrected chi connectivity index (χ4v) is 3.79. The Balaban J connectivity index is 1.93. The van der Waals surface area contributed by atoms with E-state index >= 15 is 0 Å². The molecule has 3 nitrogen and oxygen atoms in total. The lowest BCUT2D eigenvalue weighted by molar-refractivity contribution is 0.146. The summed E-state index contributed by atoms with van der Waals surface area (Å²) in [5, 5.41) is 12.7. The SMILES string of the molecule is CNC(CCN(CCO)C1CCCC1)c1cccc(Br)c1. The summed E-state index contributed by atoms with van der Waals surface area (Å²) in [5.74, 6) is 0. The molecule has 0 aromatic heterocycles. The van der Waals surface area contributed by atoms with Crippen molar-refractivity contribution in [3.05, 3.63) is 34.3 Å². The zero-order chi connectivity index (χ0) is 15.1. The molecule has 2 N–H and O–H groups in total. The number of halogens is 1. The van der Waals surface area contributed by atoms with Gasteiger partial charge in [0.15, 0.2) is 0 Å². The average molecular weight is 355 g/mol. The van der Waals surface area contributed by atoms with E-state index in [9.17, 15) is 5.11 Å². The minimum absolute atomic E-state index is 0.262. The smallest absolute Gasteiger partial charge is 0.0558 e. The van der Waals surface area contributed by atoms with Crippen LogP contribution in [0, 0.1) is 0 Å². The number of nitrogens with zero attached hydrogens (tertiary/aromatic N) is 1. The largest absolute Gasteiger partial charge is 0.395 e. The molecule has 1 saturated carbocycles. The van der Waals surface area contributed by atoms with Crippen LogP contribution < -0.4 is 5.32 Å². The highest BCUT2D eigenvalue weighted by molar-refractivity contribution is 9.10. The van der Waals surface area contributed by atoms with Gasteiger partial charge < -0.3 is 10.4 Å². The van der Waals surface area contributed by atoms with E-state index < -0.39 is 0 Å². The number of aliphatic hydroxyl groups excluding tert-OH is 1. The molecule has 0 spiro atoms. The second-order valence-corrected chi connectivity index (χ2v) is 6.80. The first kappa shape index (κ1) is 16.9. The van der Waals surface area contributed by atoms with Gasteiger partial charge in [-0.15, -0.1) is 0 Å². The topological polar surface area (TPSA) is 35.5 Å². The molecule has 1 aliphatic rings. The molecule has 0 aliphatic heterocycles. The van der Waals surface area contributed by atoms with Crippen molar-refractivity contribution in [3.63, 3.8) is 0 Å². The van der Waals surface area contributed by atoms with Crippen molar-refractivity contribution in [2.45, 2.75) is 44.2 Å². The van der Waals surface area contributed by atoms with E-state index in [1.807, 2.05) is 7.05 Å². The fraction of sp³-hybridized carbons (Fsp3) is 0.647. The molecule has 1 aliphatic carbocycles. The molecule has 0 saturated heterocycles. The fourth-order valence-electron chi connectivity index (χ4n) is 3.37. The van der Waals surface area contributed by atoms with Crippen molar-refractivity contribution in [2.24, 2.45) is 0 Å². The Morgan fingerprint density at radius 3 is 2.71 bits per heavy atom. The minimum atomic E-state index is 0.262. The van der Waals surface area contributed by atoms with Gasteiger partial charge in [-0.05, 0) is 44.0 Å². The third-order valence-corrected chi connectivity index (χ3v) is 5.03. The third-order valence-electron chi connectivity index (χ3n) is 4.53. The number of benzene rings is 1. The van der Waals surface area contributed by atoms with E-state index in [0.717, 1.165) is 24.0 Å². The monoisotopic (exact) mass is 354 g/mol. The van der Waals surface area contributed by atoms with Gasteiger partial charge in [-0.25, -0.2) is 0 Å². The second-order valence-electron chi connectivity index (χ2n) is 5.88. The van der Waals surface area contributed by atoms with E-state index in [4.69, 9.17) is 0 Å². The molecule has 1 aromatic carbocycles. The zero-order valence-electron chi connectivity index (χ0n) is 12.9. The summed E-state index contributed by atoms with van der Waals surface area (Å²) < 4.78 is 1.13. The van der Waals surface area contributed by atoms with E-state index in [-0.39, 0.29) is 6.61 Å². The lowest BCUT2D eigenvalue weighted by Gasteiger charge is -2.30. The third kappa shape index (κ3) is 5.06. The molecule has 2 rings (SSSR count). The molecule has 118 valence electrons. The first-order valence-electron chi connectivity index (χ1n) is 8.02. The van der Waals surface area contributed by atoms with E-state index in [1.165, 1.54) is 31.2 Å². The molecule has 0 radical (unpaired) electrons. The Hall–Kier alpha value is -0.420. The standard InChI is InChI=1S/C17H27BrN2O/c1-19-17(14-5-4-6-15(18)13-14)9-10-20(11-12-21)16-7-2-3-8-16/h4-6,13,16-17,19,21H,2-3,7-12H2,1H3. The molecule has 4 heteroatoms. The van der Waals surface area contributed by atoms with Crippen LogP contribution in [0.15, 0.2) is 28.7 Å². The molecule has 21 heavy (non-hydrogen) atoms. The lowest BCUT2D eigenvalue weighted by Crippen LogP contribution is -2.37. The Bertz CT molecular complexity index is 421. The Kier molecular flexibility index (Phi) is 7.17. The molecule has 1 fully saturated rings. The maximum Gasteiger partial charge on any atom is 0.0558 e. The Labute approximate surface area is 136 Å². The van der Waals surface area contributed by atoms with Gasteiger partial charge in [-0.1, -0.05) is 40.9 Å². The van der Waals surface area contributed by atoms with Gasteiger partial charge in [-0.3, -0.25) is 4.90 Å². The van der Waals surface area contributed by atoms with E-state index in [2.05, 4.69) is 50.4 Å². The Morgan fingerprint density at radius 2 is 2.10 bits per heavy atom. The second kappa shape index (κ2) is 8.89. The highest BCUT2D eigenvalue weighted by Crippen LogP contribution is 2.25. The van der Waals surface area contributed by atoms with Crippen molar-refractivity contribution in [3.8, 4) is 0 Å². The van der Waals surface area contributed by atoms with Crippen LogP contribution >= 0.6 is 15.9 Å². The van der Waals surface area contributed by atoms with Gasteiger partial charge in [-0.2, -0.15) is 0 Å². The molecule has 1 unspecified atom stereocenters. The molecule has 1 aromatic rings. The predicted molar refractivity (Wildman–Crippen MR) is 91.5 cm³/mol. The summed E-state index contributed by atoms with van der Waals surface area (Å²) in [7, 11) is 2.03. The van der Waals surface area contributed by atoms with Crippen LogP contribution in [-0.4, -0.2) is 42.8 Å². The van der Waals surface area contributed by atoms with Crippen LogP contribution in [0.2, 0.25) is 0 Å². The van der Waals surface area contributed by atoms with E-state index in [1.54, 1.807) is 0 Å². The molecule has 0 heterocycles. The summed E-state index contributed by atoms with van der Waals surface area (Å²) in [6.45, 7) is 2.11. The lowest BCUT2D eigenvalue weighted by atomic mass is 10.0. The first-order valence-corrected chi connectivity index (χ1v) is 8.81. The minimum Gasteiger partial charge on any atom is -0.395 e. The number of hydrogen-bond donors (Lipinski definition) is 2. The molecular formula is C17H27BrN2O. The quantitative estimate of drug-likeness (QED) is 0.751. The van der Waals surface area contributed by atoms with Crippen LogP contribution in [0.3, 0.4) is 0 Å². The van der Waals surface area contributed by atoms with Crippen LogP contribution in [-0.2, 0) is 0 Å².